The second-order valence-corrected chi connectivity index (χ2v) is 3.91. The molecule has 1 heterocycles. The first-order valence-corrected chi connectivity index (χ1v) is 6.33. The van der Waals surface area contributed by atoms with Gasteiger partial charge >= 0.3 is 0 Å². The van der Waals surface area contributed by atoms with E-state index in [4.69, 9.17) is 4.42 Å². The number of hydrogen-bond donors (Lipinski definition) is 1. The number of aryl methyl sites for hydroxylation is 1. The van der Waals surface area contributed by atoms with Gasteiger partial charge in [0.15, 0.2) is 11.5 Å². The highest BCUT2D eigenvalue weighted by atomic mass is 16.4. The molecule has 1 N–H and O–H groups in total. The van der Waals surface area contributed by atoms with Crippen LogP contribution in [0.5, 0.6) is 0 Å². The highest BCUT2D eigenvalue weighted by molar-refractivity contribution is 5.70. The summed E-state index contributed by atoms with van der Waals surface area (Å²) in [5.74, 6) is 0.985. The molecular weight excluding hydrogens is 236 g/mol. The van der Waals surface area contributed by atoms with E-state index in [9.17, 15) is 5.11 Å². The highest BCUT2D eigenvalue weighted by Crippen LogP contribution is 2.29. The predicted molar refractivity (Wildman–Crippen MR) is 82.0 cm³/mol. The Morgan fingerprint density at radius 1 is 1.21 bits per heavy atom. The third kappa shape index (κ3) is 3.38. The molecule has 0 unspecified atom stereocenters. The Hall–Kier alpha value is -2.22. The lowest BCUT2D eigenvalue weighted by molar-refractivity contribution is 0.465. The van der Waals surface area contributed by atoms with E-state index in [1.165, 1.54) is 5.56 Å². The van der Waals surface area contributed by atoms with Crippen LogP contribution < -0.4 is 0 Å². The largest absolute Gasteiger partial charge is 0.505 e. The van der Waals surface area contributed by atoms with Gasteiger partial charge in [-0.3, -0.25) is 0 Å². The fourth-order valence-electron chi connectivity index (χ4n) is 1.64. The van der Waals surface area contributed by atoms with Gasteiger partial charge in [0.1, 0.15) is 5.76 Å². The molecule has 0 saturated heterocycles. The molecular formula is C17H20O2. The summed E-state index contributed by atoms with van der Waals surface area (Å²) in [5.41, 5.74) is 2.90. The molecule has 0 amide bonds. The minimum atomic E-state index is -0.0849. The Morgan fingerprint density at radius 2 is 1.79 bits per heavy atom. The van der Waals surface area contributed by atoms with Crippen molar-refractivity contribution in [1.82, 2.24) is 0 Å². The zero-order valence-corrected chi connectivity index (χ0v) is 11.7. The maximum absolute atomic E-state index is 9.40. The molecule has 2 nitrogen and oxygen atoms in total. The number of furan rings is 1. The minimum Gasteiger partial charge on any atom is -0.505 e. The third-order valence-corrected chi connectivity index (χ3v) is 2.58. The van der Waals surface area contributed by atoms with Crippen molar-refractivity contribution in [2.24, 2.45) is 0 Å². The van der Waals surface area contributed by atoms with Crippen molar-refractivity contribution in [3.05, 3.63) is 60.4 Å². The van der Waals surface area contributed by atoms with Crippen LogP contribution in [0.2, 0.25) is 0 Å². The lowest BCUT2D eigenvalue weighted by Gasteiger charge is -1.97. The summed E-state index contributed by atoms with van der Waals surface area (Å²) in [5, 5.41) is 9.40. The Labute approximate surface area is 114 Å². The minimum absolute atomic E-state index is 0.0849. The molecule has 1 aromatic heterocycles. The second-order valence-electron chi connectivity index (χ2n) is 3.91. The normalized spacial score (nSPS) is 9.42. The van der Waals surface area contributed by atoms with E-state index in [2.05, 4.69) is 13.2 Å². The van der Waals surface area contributed by atoms with Gasteiger partial charge in [-0.1, -0.05) is 62.9 Å². The van der Waals surface area contributed by atoms with Crippen molar-refractivity contribution in [3.8, 4) is 11.3 Å². The standard InChI is InChI=1S/C15H14O2.C2H6/c1-4-12-9-14(17-15(12)11(3)16)13-7-5-10(2)6-8-13;1-2/h4-9,16H,1,3H2,2H3;1-2H3. The summed E-state index contributed by atoms with van der Waals surface area (Å²) in [4.78, 5) is 0. The summed E-state index contributed by atoms with van der Waals surface area (Å²) in [7, 11) is 0. The lowest BCUT2D eigenvalue weighted by atomic mass is 10.1. The Morgan fingerprint density at radius 3 is 2.21 bits per heavy atom. The van der Waals surface area contributed by atoms with Gasteiger partial charge in [0.05, 0.1) is 0 Å². The quantitative estimate of drug-likeness (QED) is 0.740. The number of hydrogen-bond acceptors (Lipinski definition) is 2. The molecule has 0 aliphatic heterocycles. The van der Waals surface area contributed by atoms with E-state index < -0.39 is 0 Å². The van der Waals surface area contributed by atoms with Crippen LogP contribution in [-0.2, 0) is 0 Å². The van der Waals surface area contributed by atoms with Gasteiger partial charge in [-0.2, -0.15) is 0 Å². The molecule has 0 spiro atoms. The van der Waals surface area contributed by atoms with Gasteiger partial charge in [0.2, 0.25) is 0 Å². The van der Waals surface area contributed by atoms with Gasteiger partial charge in [-0.05, 0) is 13.0 Å². The molecule has 0 atom stereocenters. The molecule has 1 aromatic carbocycles. The molecule has 0 saturated carbocycles. The first-order valence-electron chi connectivity index (χ1n) is 6.33. The van der Waals surface area contributed by atoms with Crippen LogP contribution in [0.3, 0.4) is 0 Å². The second kappa shape index (κ2) is 6.64. The van der Waals surface area contributed by atoms with Gasteiger partial charge < -0.3 is 9.52 Å². The van der Waals surface area contributed by atoms with Crippen molar-refractivity contribution in [2.75, 3.05) is 0 Å². The van der Waals surface area contributed by atoms with Crippen molar-refractivity contribution < 1.29 is 9.52 Å². The van der Waals surface area contributed by atoms with Gasteiger partial charge in [-0.25, -0.2) is 0 Å². The molecule has 0 radical (unpaired) electrons. The smallest absolute Gasteiger partial charge is 0.175 e. The fraction of sp³-hybridized carbons (Fsp3) is 0.176. The molecule has 2 rings (SSSR count). The van der Waals surface area contributed by atoms with Crippen LogP contribution in [0.15, 0.2) is 47.9 Å². The average molecular weight is 256 g/mol. The zero-order valence-electron chi connectivity index (χ0n) is 11.7. The van der Waals surface area contributed by atoms with E-state index in [1.807, 2.05) is 51.1 Å². The fourth-order valence-corrected chi connectivity index (χ4v) is 1.64. The highest BCUT2D eigenvalue weighted by Gasteiger charge is 2.12. The monoisotopic (exact) mass is 256 g/mol. The zero-order chi connectivity index (χ0) is 14.4. The molecule has 2 aromatic rings. The molecule has 2 heteroatoms. The maximum atomic E-state index is 9.40. The Bertz CT molecular complexity index is 559. The van der Waals surface area contributed by atoms with Crippen LogP contribution >= 0.6 is 0 Å². The van der Waals surface area contributed by atoms with Crippen LogP contribution in [-0.4, -0.2) is 5.11 Å². The van der Waals surface area contributed by atoms with E-state index in [0.29, 0.717) is 11.5 Å². The Kier molecular flexibility index (Phi) is 5.19. The molecule has 100 valence electrons. The first-order chi connectivity index (χ1) is 9.11. The number of aliphatic hydroxyl groups is 1. The van der Waals surface area contributed by atoms with E-state index in [-0.39, 0.29) is 5.76 Å². The predicted octanol–water partition coefficient (Wildman–Crippen LogP) is 5.45. The topological polar surface area (TPSA) is 33.4 Å². The number of benzene rings is 1. The SMILES string of the molecule is C=Cc1cc(-c2ccc(C)cc2)oc1C(=C)O.CC. The van der Waals surface area contributed by atoms with Crippen LogP contribution in [0.1, 0.15) is 30.7 Å². The van der Waals surface area contributed by atoms with E-state index >= 15 is 0 Å². The van der Waals surface area contributed by atoms with Gasteiger partial charge in [-0.15, -0.1) is 0 Å². The third-order valence-electron chi connectivity index (χ3n) is 2.58. The maximum Gasteiger partial charge on any atom is 0.175 e. The molecule has 0 fully saturated rings. The van der Waals surface area contributed by atoms with Crippen LogP contribution in [0, 0.1) is 6.92 Å². The van der Waals surface area contributed by atoms with Crippen LogP contribution in [0.25, 0.3) is 23.2 Å². The summed E-state index contributed by atoms with van der Waals surface area (Å²) < 4.78 is 5.57. The van der Waals surface area contributed by atoms with Crippen molar-refractivity contribution >= 4 is 11.8 Å². The lowest BCUT2D eigenvalue weighted by Crippen LogP contribution is -1.78. The van der Waals surface area contributed by atoms with Gasteiger partial charge in [0, 0.05) is 11.1 Å². The van der Waals surface area contributed by atoms with E-state index in [0.717, 1.165) is 11.1 Å². The van der Waals surface area contributed by atoms with E-state index in [1.54, 1.807) is 6.08 Å². The first kappa shape index (κ1) is 14.8. The van der Waals surface area contributed by atoms with Crippen LogP contribution in [0.4, 0.5) is 0 Å². The summed E-state index contributed by atoms with van der Waals surface area (Å²) >= 11 is 0. The average Bonchev–Trinajstić information content (AvgIpc) is 2.86. The molecule has 0 aliphatic carbocycles. The van der Waals surface area contributed by atoms with Crippen molar-refractivity contribution in [3.63, 3.8) is 0 Å². The van der Waals surface area contributed by atoms with Gasteiger partial charge in [0.25, 0.3) is 0 Å². The molecule has 0 aliphatic rings. The summed E-state index contributed by atoms with van der Waals surface area (Å²) in [6, 6.07) is 9.82. The Balaban J connectivity index is 0.000000861. The van der Waals surface area contributed by atoms with Crippen molar-refractivity contribution in [2.45, 2.75) is 20.8 Å². The number of aliphatic hydroxyl groups excluding tert-OH is 1. The number of rotatable bonds is 3. The van der Waals surface area contributed by atoms with Crippen molar-refractivity contribution in [1.29, 1.82) is 0 Å². The summed E-state index contributed by atoms with van der Waals surface area (Å²) in [6.07, 6.45) is 1.64. The summed E-state index contributed by atoms with van der Waals surface area (Å²) in [6.45, 7) is 13.2. The molecule has 19 heavy (non-hydrogen) atoms. The molecule has 0 bridgehead atoms.